The third-order valence-corrected chi connectivity index (χ3v) is 3.51. The average Bonchev–Trinajstić information content (AvgIpc) is 2.39. The van der Waals surface area contributed by atoms with Crippen molar-refractivity contribution in [2.75, 3.05) is 30.8 Å². The van der Waals surface area contributed by atoms with Gasteiger partial charge in [-0.05, 0) is 25.3 Å². The van der Waals surface area contributed by atoms with Crippen molar-refractivity contribution in [3.8, 4) is 0 Å². The number of ether oxygens (including phenoxy) is 1. The molecule has 2 heterocycles. The first-order valence-corrected chi connectivity index (χ1v) is 6.85. The summed E-state index contributed by atoms with van der Waals surface area (Å²) in [5.74, 6) is 1.26. The molecule has 1 aliphatic heterocycles. The van der Waals surface area contributed by atoms with E-state index in [4.69, 9.17) is 27.9 Å². The molecule has 6 heteroatoms. The van der Waals surface area contributed by atoms with Crippen molar-refractivity contribution in [2.24, 2.45) is 0 Å². The maximum absolute atomic E-state index is 6.10. The molecule has 1 unspecified atom stereocenters. The van der Waals surface area contributed by atoms with E-state index in [1.807, 2.05) is 0 Å². The second kappa shape index (κ2) is 6.45. The molecular weight excluding hydrogens is 273 g/mol. The van der Waals surface area contributed by atoms with Gasteiger partial charge in [0.05, 0.1) is 16.1 Å². The minimum Gasteiger partial charge on any atom is -0.376 e. The van der Waals surface area contributed by atoms with Crippen LogP contribution in [0.25, 0.3) is 0 Å². The zero-order valence-corrected chi connectivity index (χ0v) is 11.8. The maximum atomic E-state index is 6.10. The molecule has 2 N–H and O–H groups in total. The number of hydrogen-bond donors (Lipinski definition) is 2. The molecule has 1 aliphatic rings. The number of anilines is 2. The molecule has 100 valence electrons. The predicted octanol–water partition coefficient (Wildman–Crippen LogP) is 3.41. The molecule has 0 bridgehead atoms. The molecule has 1 fully saturated rings. The first-order chi connectivity index (χ1) is 8.70. The number of nitrogens with one attached hydrogen (secondary N) is 2. The number of halogens is 2. The number of rotatable bonds is 4. The van der Waals surface area contributed by atoms with Crippen LogP contribution in [0.3, 0.4) is 0 Å². The number of aromatic nitrogens is 1. The lowest BCUT2D eigenvalue weighted by Gasteiger charge is -2.23. The van der Waals surface area contributed by atoms with E-state index in [0.29, 0.717) is 21.7 Å². The minimum absolute atomic E-state index is 0.241. The lowest BCUT2D eigenvalue weighted by atomic mass is 10.1. The molecule has 0 aromatic carbocycles. The molecule has 0 aliphatic carbocycles. The Labute approximate surface area is 117 Å². The fourth-order valence-electron chi connectivity index (χ4n) is 1.94. The van der Waals surface area contributed by atoms with Crippen LogP contribution in [0.15, 0.2) is 6.07 Å². The summed E-state index contributed by atoms with van der Waals surface area (Å²) < 4.78 is 5.64. The molecule has 18 heavy (non-hydrogen) atoms. The quantitative estimate of drug-likeness (QED) is 0.892. The summed E-state index contributed by atoms with van der Waals surface area (Å²) in [6.45, 7) is 1.56. The topological polar surface area (TPSA) is 46.2 Å². The smallest absolute Gasteiger partial charge is 0.147 e. The van der Waals surface area contributed by atoms with Gasteiger partial charge >= 0.3 is 0 Å². The van der Waals surface area contributed by atoms with Crippen LogP contribution in [0.5, 0.6) is 0 Å². The number of nitrogens with zero attached hydrogens (tertiary/aromatic N) is 1. The number of pyridine rings is 1. The molecule has 0 radical (unpaired) electrons. The van der Waals surface area contributed by atoms with E-state index in [9.17, 15) is 0 Å². The van der Waals surface area contributed by atoms with E-state index in [2.05, 4.69) is 15.6 Å². The van der Waals surface area contributed by atoms with Gasteiger partial charge in [0.15, 0.2) is 0 Å². The highest BCUT2D eigenvalue weighted by molar-refractivity contribution is 6.37. The van der Waals surface area contributed by atoms with Crippen LogP contribution in [-0.2, 0) is 4.74 Å². The standard InChI is InChI=1S/C12H17Cl2N3O/c1-15-11-9(13)6-10(14)12(17-11)16-7-8-4-2-3-5-18-8/h6,8H,2-5,7H2,1H3,(H2,15,16,17). The van der Waals surface area contributed by atoms with E-state index in [1.54, 1.807) is 13.1 Å². The summed E-state index contributed by atoms with van der Waals surface area (Å²) in [5, 5.41) is 7.18. The van der Waals surface area contributed by atoms with Crippen molar-refractivity contribution in [1.82, 2.24) is 4.98 Å². The van der Waals surface area contributed by atoms with Gasteiger partial charge in [0.2, 0.25) is 0 Å². The highest BCUT2D eigenvalue weighted by Gasteiger charge is 2.15. The predicted molar refractivity (Wildman–Crippen MR) is 75.9 cm³/mol. The fourth-order valence-corrected chi connectivity index (χ4v) is 2.46. The Kier molecular flexibility index (Phi) is 4.92. The van der Waals surface area contributed by atoms with Gasteiger partial charge in [-0.1, -0.05) is 23.2 Å². The second-order valence-electron chi connectivity index (χ2n) is 4.27. The van der Waals surface area contributed by atoms with Gasteiger partial charge in [-0.2, -0.15) is 0 Å². The molecule has 1 aromatic rings. The van der Waals surface area contributed by atoms with Gasteiger partial charge < -0.3 is 15.4 Å². The summed E-state index contributed by atoms with van der Waals surface area (Å²) in [6.07, 6.45) is 3.69. The Bertz CT molecular complexity index is 409. The summed E-state index contributed by atoms with van der Waals surface area (Å²) in [5.41, 5.74) is 0. The van der Waals surface area contributed by atoms with Crippen LogP contribution < -0.4 is 10.6 Å². The van der Waals surface area contributed by atoms with Gasteiger partial charge in [-0.25, -0.2) is 4.98 Å². The lowest BCUT2D eigenvalue weighted by Crippen LogP contribution is -2.27. The van der Waals surface area contributed by atoms with Crippen LogP contribution in [0.1, 0.15) is 19.3 Å². The Hall–Kier alpha value is -0.710. The zero-order valence-electron chi connectivity index (χ0n) is 10.3. The molecular formula is C12H17Cl2N3O. The van der Waals surface area contributed by atoms with Gasteiger partial charge in [0.25, 0.3) is 0 Å². The van der Waals surface area contributed by atoms with Gasteiger partial charge in [-0.3, -0.25) is 0 Å². The van der Waals surface area contributed by atoms with Gasteiger partial charge in [0, 0.05) is 20.2 Å². The Morgan fingerprint density at radius 1 is 1.33 bits per heavy atom. The van der Waals surface area contributed by atoms with E-state index in [-0.39, 0.29) is 6.10 Å². The maximum Gasteiger partial charge on any atom is 0.147 e. The summed E-state index contributed by atoms with van der Waals surface area (Å²) in [7, 11) is 1.77. The van der Waals surface area contributed by atoms with Crippen molar-refractivity contribution < 1.29 is 4.74 Å². The Morgan fingerprint density at radius 2 is 2.11 bits per heavy atom. The van der Waals surface area contributed by atoms with Crippen molar-refractivity contribution in [2.45, 2.75) is 25.4 Å². The monoisotopic (exact) mass is 289 g/mol. The number of hydrogen-bond acceptors (Lipinski definition) is 4. The summed E-state index contributed by atoms with van der Waals surface area (Å²) in [6, 6.07) is 1.69. The van der Waals surface area contributed by atoms with Gasteiger partial charge in [-0.15, -0.1) is 0 Å². The van der Waals surface area contributed by atoms with Crippen LogP contribution in [0.2, 0.25) is 10.0 Å². The minimum atomic E-state index is 0.241. The first-order valence-electron chi connectivity index (χ1n) is 6.10. The SMILES string of the molecule is CNc1nc(NCC2CCCCO2)c(Cl)cc1Cl. The molecule has 0 spiro atoms. The molecule has 1 aromatic heterocycles. The second-order valence-corrected chi connectivity index (χ2v) is 5.08. The normalized spacial score (nSPS) is 19.6. The molecule has 1 atom stereocenters. The van der Waals surface area contributed by atoms with Crippen LogP contribution in [-0.4, -0.2) is 31.3 Å². The fraction of sp³-hybridized carbons (Fsp3) is 0.583. The van der Waals surface area contributed by atoms with E-state index in [1.165, 1.54) is 6.42 Å². The third-order valence-electron chi connectivity index (χ3n) is 2.94. The highest BCUT2D eigenvalue weighted by atomic mass is 35.5. The van der Waals surface area contributed by atoms with E-state index in [0.717, 1.165) is 26.0 Å². The molecule has 0 amide bonds. The summed E-state index contributed by atoms with van der Waals surface area (Å²) >= 11 is 12.1. The molecule has 0 saturated carbocycles. The summed E-state index contributed by atoms with van der Waals surface area (Å²) in [4.78, 5) is 4.33. The van der Waals surface area contributed by atoms with E-state index >= 15 is 0 Å². The molecule has 1 saturated heterocycles. The van der Waals surface area contributed by atoms with E-state index < -0.39 is 0 Å². The Morgan fingerprint density at radius 3 is 2.78 bits per heavy atom. The van der Waals surface area contributed by atoms with Crippen molar-refractivity contribution in [3.63, 3.8) is 0 Å². The van der Waals surface area contributed by atoms with Crippen LogP contribution >= 0.6 is 23.2 Å². The largest absolute Gasteiger partial charge is 0.376 e. The lowest BCUT2D eigenvalue weighted by molar-refractivity contribution is 0.0247. The third kappa shape index (κ3) is 3.40. The molecule has 4 nitrogen and oxygen atoms in total. The van der Waals surface area contributed by atoms with Gasteiger partial charge in [0.1, 0.15) is 11.6 Å². The average molecular weight is 290 g/mol. The Balaban J connectivity index is 1.99. The highest BCUT2D eigenvalue weighted by Crippen LogP contribution is 2.29. The zero-order chi connectivity index (χ0) is 13.0. The van der Waals surface area contributed by atoms with Crippen LogP contribution in [0, 0.1) is 0 Å². The first kappa shape index (κ1) is 13.7. The van der Waals surface area contributed by atoms with Crippen molar-refractivity contribution in [1.29, 1.82) is 0 Å². The van der Waals surface area contributed by atoms with Crippen molar-refractivity contribution >= 4 is 34.8 Å². The van der Waals surface area contributed by atoms with Crippen molar-refractivity contribution in [3.05, 3.63) is 16.1 Å². The van der Waals surface area contributed by atoms with Crippen LogP contribution in [0.4, 0.5) is 11.6 Å². The molecule has 2 rings (SSSR count).